The molecule has 5 nitrogen and oxygen atoms in total. The summed E-state index contributed by atoms with van der Waals surface area (Å²) in [4.78, 5) is 36.9. The average Bonchev–Trinajstić information content (AvgIpc) is 3.26. The molecule has 0 aliphatic heterocycles. The number of ketones is 1. The third-order valence-corrected chi connectivity index (χ3v) is 11.5. The Morgan fingerprint density at radius 3 is 2.23 bits per heavy atom. The summed E-state index contributed by atoms with van der Waals surface area (Å²) in [7, 11) is 0. The Morgan fingerprint density at radius 2 is 1.50 bits per heavy atom. The maximum atomic E-state index is 12.7. The molecule has 0 bridgehead atoms. The number of unbranched alkanes of at least 4 members (excludes halogenated alkanes) is 9. The third kappa shape index (κ3) is 7.40. The lowest BCUT2D eigenvalue weighted by molar-refractivity contribution is -0.162. The van der Waals surface area contributed by atoms with Gasteiger partial charge in [-0.05, 0) is 80.6 Å². The van der Waals surface area contributed by atoms with E-state index in [2.05, 4.69) is 20.8 Å². The summed E-state index contributed by atoms with van der Waals surface area (Å²) in [6, 6.07) is 0. The van der Waals surface area contributed by atoms with E-state index in [4.69, 9.17) is 9.47 Å². The molecule has 0 spiro atoms. The van der Waals surface area contributed by atoms with Crippen LogP contribution in [0.4, 0.5) is 0 Å². The van der Waals surface area contributed by atoms with Crippen molar-refractivity contribution in [3.05, 3.63) is 11.6 Å². The van der Waals surface area contributed by atoms with E-state index < -0.39 is 0 Å². The van der Waals surface area contributed by atoms with E-state index in [1.165, 1.54) is 56.9 Å². The van der Waals surface area contributed by atoms with Crippen LogP contribution < -0.4 is 0 Å². The van der Waals surface area contributed by atoms with Gasteiger partial charge in [0.2, 0.25) is 0 Å². The fourth-order valence-electron chi connectivity index (χ4n) is 9.00. The summed E-state index contributed by atoms with van der Waals surface area (Å²) < 4.78 is 11.4. The van der Waals surface area contributed by atoms with Crippen LogP contribution in [0.2, 0.25) is 0 Å². The van der Waals surface area contributed by atoms with Gasteiger partial charge in [-0.1, -0.05) is 84.1 Å². The monoisotopic (exact) mass is 556 g/mol. The number of hydrogen-bond acceptors (Lipinski definition) is 5. The molecular formula is C35H56O5. The highest BCUT2D eigenvalue weighted by molar-refractivity contribution is 5.91. The van der Waals surface area contributed by atoms with Crippen LogP contribution in [0, 0.1) is 28.6 Å². The first-order valence-electron chi connectivity index (χ1n) is 16.9. The lowest BCUT2D eigenvalue weighted by atomic mass is 9.47. The van der Waals surface area contributed by atoms with Gasteiger partial charge in [0.15, 0.2) is 5.78 Å². The summed E-state index contributed by atoms with van der Waals surface area (Å²) in [6.45, 7) is 7.13. The van der Waals surface area contributed by atoms with Gasteiger partial charge < -0.3 is 9.47 Å². The summed E-state index contributed by atoms with van der Waals surface area (Å²) in [5.41, 5.74) is 1.60. The van der Waals surface area contributed by atoms with Gasteiger partial charge in [0.05, 0.1) is 6.42 Å². The maximum Gasteiger partial charge on any atom is 0.309 e. The second-order valence-corrected chi connectivity index (χ2v) is 14.0. The van der Waals surface area contributed by atoms with Crippen molar-refractivity contribution in [3.8, 4) is 0 Å². The summed E-state index contributed by atoms with van der Waals surface area (Å²) in [5.74, 6) is 1.77. The minimum absolute atomic E-state index is 0.0328. The first-order chi connectivity index (χ1) is 19.3. The lowest BCUT2D eigenvalue weighted by Gasteiger charge is -2.57. The van der Waals surface area contributed by atoms with Crippen molar-refractivity contribution in [2.75, 3.05) is 6.61 Å². The van der Waals surface area contributed by atoms with Gasteiger partial charge in [-0.25, -0.2) is 0 Å². The van der Waals surface area contributed by atoms with Crippen molar-refractivity contribution in [1.82, 2.24) is 0 Å². The van der Waals surface area contributed by atoms with Crippen LogP contribution in [0.3, 0.4) is 0 Å². The number of rotatable bonds is 15. The zero-order valence-corrected chi connectivity index (χ0v) is 25.8. The zero-order chi connectivity index (χ0) is 28.6. The number of esters is 2. The molecule has 0 amide bonds. The Bertz CT molecular complexity index is 907. The average molecular weight is 557 g/mol. The zero-order valence-electron chi connectivity index (χ0n) is 25.8. The van der Waals surface area contributed by atoms with E-state index in [0.29, 0.717) is 36.4 Å². The minimum Gasteiger partial charge on any atom is -0.465 e. The Balaban J connectivity index is 1.12. The van der Waals surface area contributed by atoms with Crippen molar-refractivity contribution in [2.24, 2.45) is 28.6 Å². The summed E-state index contributed by atoms with van der Waals surface area (Å²) >= 11 is 0. The number of allylic oxidation sites excluding steroid dienone is 1. The van der Waals surface area contributed by atoms with E-state index >= 15 is 0 Å². The van der Waals surface area contributed by atoms with Crippen molar-refractivity contribution < 1.29 is 23.9 Å². The van der Waals surface area contributed by atoms with Gasteiger partial charge in [-0.3, -0.25) is 14.4 Å². The molecular weight excluding hydrogens is 500 g/mol. The molecule has 0 heterocycles. The van der Waals surface area contributed by atoms with Crippen LogP contribution in [-0.4, -0.2) is 30.4 Å². The highest BCUT2D eigenvalue weighted by Gasteiger charge is 2.59. The lowest BCUT2D eigenvalue weighted by Crippen LogP contribution is -2.51. The molecule has 5 heteroatoms. The fraction of sp³-hybridized carbons (Fsp3) is 0.857. The van der Waals surface area contributed by atoms with Gasteiger partial charge >= 0.3 is 11.9 Å². The highest BCUT2D eigenvalue weighted by atomic mass is 16.6. The van der Waals surface area contributed by atoms with Gasteiger partial charge in [-0.15, -0.1) is 0 Å². The summed E-state index contributed by atoms with van der Waals surface area (Å²) in [6.07, 6.45) is 23.1. The third-order valence-electron chi connectivity index (χ3n) is 11.5. The molecule has 0 unspecified atom stereocenters. The van der Waals surface area contributed by atoms with Gasteiger partial charge in [-0.2, -0.15) is 0 Å². The standard InChI is InChI=1S/C35H56O5/c1-4-5-6-7-8-9-10-11-12-13-14-32(37)39-24-21-33(38)40-31-18-17-29-28-16-15-26-25-27(36)19-22-34(26,2)30(28)20-23-35(29,31)3/h25,28-31H,4-24H2,1-3H3/t28-,29-,30-,31-,34-,35-/m0/s1. The van der Waals surface area contributed by atoms with E-state index in [-0.39, 0.29) is 41.9 Å². The molecule has 0 radical (unpaired) electrons. The molecule has 0 aromatic carbocycles. The van der Waals surface area contributed by atoms with Gasteiger partial charge in [0.1, 0.15) is 12.7 Å². The number of ether oxygens (including phenoxy) is 2. The smallest absolute Gasteiger partial charge is 0.309 e. The second kappa shape index (κ2) is 14.5. The van der Waals surface area contributed by atoms with Crippen molar-refractivity contribution in [3.63, 3.8) is 0 Å². The molecule has 3 saturated carbocycles. The number of carbonyl (C=O) groups excluding carboxylic acids is 3. The topological polar surface area (TPSA) is 69.7 Å². The normalized spacial score (nSPS) is 33.0. The van der Waals surface area contributed by atoms with Crippen LogP contribution in [0.15, 0.2) is 11.6 Å². The molecule has 0 saturated heterocycles. The Labute approximate surface area is 243 Å². The molecule has 226 valence electrons. The SMILES string of the molecule is CCCCCCCCCCCCC(=O)OCCC(=O)O[C@H]1CC[C@H]2[C@@H]3CCC4=CC(=O)CC[C@]4(C)[C@H]3CC[C@]12C. The Kier molecular flexibility index (Phi) is 11.3. The summed E-state index contributed by atoms with van der Waals surface area (Å²) in [5, 5.41) is 0. The van der Waals surface area contributed by atoms with Crippen LogP contribution in [0.1, 0.15) is 149 Å². The molecule has 4 aliphatic carbocycles. The maximum absolute atomic E-state index is 12.7. The fourth-order valence-corrected chi connectivity index (χ4v) is 9.00. The van der Waals surface area contributed by atoms with Crippen LogP contribution in [0.25, 0.3) is 0 Å². The molecule has 6 atom stereocenters. The molecule has 0 N–H and O–H groups in total. The molecule has 4 rings (SSSR count). The van der Waals surface area contributed by atoms with Crippen molar-refractivity contribution in [2.45, 2.75) is 155 Å². The first kappa shape index (κ1) is 31.3. The first-order valence-corrected chi connectivity index (χ1v) is 16.9. The van der Waals surface area contributed by atoms with Crippen molar-refractivity contribution >= 4 is 17.7 Å². The van der Waals surface area contributed by atoms with Crippen LogP contribution in [-0.2, 0) is 23.9 Å². The van der Waals surface area contributed by atoms with Gasteiger partial charge in [0.25, 0.3) is 0 Å². The predicted molar refractivity (Wildman–Crippen MR) is 159 cm³/mol. The molecule has 0 aromatic rings. The second-order valence-electron chi connectivity index (χ2n) is 14.0. The van der Waals surface area contributed by atoms with E-state index in [9.17, 15) is 14.4 Å². The van der Waals surface area contributed by atoms with E-state index in [1.54, 1.807) is 0 Å². The van der Waals surface area contributed by atoms with Crippen LogP contribution in [0.5, 0.6) is 0 Å². The molecule has 4 aliphatic rings. The van der Waals surface area contributed by atoms with E-state index in [1.807, 2.05) is 6.08 Å². The Hall–Kier alpha value is -1.65. The largest absolute Gasteiger partial charge is 0.465 e. The molecule has 3 fully saturated rings. The number of fused-ring (bicyclic) bond motifs is 5. The van der Waals surface area contributed by atoms with E-state index in [0.717, 1.165) is 57.8 Å². The molecule has 0 aromatic heterocycles. The van der Waals surface area contributed by atoms with Gasteiger partial charge in [0, 0.05) is 18.3 Å². The van der Waals surface area contributed by atoms with Crippen molar-refractivity contribution in [1.29, 1.82) is 0 Å². The molecule has 40 heavy (non-hydrogen) atoms. The van der Waals surface area contributed by atoms with Crippen LogP contribution >= 0.6 is 0 Å². The predicted octanol–water partition coefficient (Wildman–Crippen LogP) is 8.67. The quantitative estimate of drug-likeness (QED) is 0.149. The Morgan fingerprint density at radius 1 is 0.800 bits per heavy atom. The number of hydrogen-bond donors (Lipinski definition) is 0. The number of carbonyl (C=O) groups is 3. The minimum atomic E-state index is -0.229. The highest BCUT2D eigenvalue weighted by Crippen LogP contribution is 2.65.